The normalized spacial score (nSPS) is 13.8. The van der Waals surface area contributed by atoms with Gasteiger partial charge in [-0.05, 0) is 83.5 Å². The summed E-state index contributed by atoms with van der Waals surface area (Å²) in [7, 11) is 0. The molecular weight excluding hydrogens is 819 g/mol. The van der Waals surface area contributed by atoms with Crippen LogP contribution in [0.2, 0.25) is 0 Å². The van der Waals surface area contributed by atoms with Crippen LogP contribution in [0.15, 0.2) is 122 Å². The van der Waals surface area contributed by atoms with Crippen molar-refractivity contribution in [2.75, 3.05) is 6.61 Å². The van der Waals surface area contributed by atoms with Gasteiger partial charge >= 0.3 is 0 Å². The van der Waals surface area contributed by atoms with E-state index in [1.807, 2.05) is 6.08 Å². The molecule has 67 heavy (non-hydrogen) atoms. The Labute approximate surface area is 416 Å². The van der Waals surface area contributed by atoms with Gasteiger partial charge in [0, 0.05) is 6.42 Å². The first-order valence-corrected chi connectivity index (χ1v) is 28.2. The Morgan fingerprint density at radius 1 is 0.373 bits per heavy atom. The summed E-state index contributed by atoms with van der Waals surface area (Å²) in [5.74, 6) is -0.124. The molecule has 0 radical (unpaired) electrons. The highest BCUT2D eigenvalue weighted by Gasteiger charge is 2.17. The number of rotatable bonds is 50. The number of unbranched alkanes of at least 4 members (excludes halogenated alkanes) is 25. The van der Waals surface area contributed by atoms with Crippen molar-refractivity contribution in [3.05, 3.63) is 122 Å². The van der Waals surface area contributed by atoms with E-state index < -0.39 is 12.1 Å². The molecule has 2 unspecified atom stereocenters. The molecule has 0 heterocycles. The third-order valence-corrected chi connectivity index (χ3v) is 12.2. The average molecular weight is 927 g/mol. The number of nitrogens with one attached hydrogen (secondary N) is 1. The van der Waals surface area contributed by atoms with Crippen LogP contribution < -0.4 is 5.32 Å². The van der Waals surface area contributed by atoms with Gasteiger partial charge in [0.15, 0.2) is 0 Å². The second-order valence-corrected chi connectivity index (χ2v) is 18.6. The Morgan fingerprint density at radius 2 is 0.657 bits per heavy atom. The first-order valence-electron chi connectivity index (χ1n) is 28.2. The molecule has 2 atom stereocenters. The molecule has 3 N–H and O–H groups in total. The van der Waals surface area contributed by atoms with Gasteiger partial charge in [0.1, 0.15) is 0 Å². The number of hydrogen-bond acceptors (Lipinski definition) is 3. The van der Waals surface area contributed by atoms with Gasteiger partial charge in [-0.1, -0.05) is 283 Å². The van der Waals surface area contributed by atoms with Crippen LogP contribution in [-0.2, 0) is 4.79 Å². The number of hydrogen-bond donors (Lipinski definition) is 3. The molecular formula is C63H107NO3. The minimum atomic E-state index is -0.874. The van der Waals surface area contributed by atoms with Gasteiger partial charge in [0.2, 0.25) is 5.91 Å². The van der Waals surface area contributed by atoms with Gasteiger partial charge in [-0.3, -0.25) is 4.79 Å². The van der Waals surface area contributed by atoms with Crippen LogP contribution in [0.4, 0.5) is 0 Å². The fourth-order valence-electron chi connectivity index (χ4n) is 7.95. The molecule has 0 saturated carbocycles. The van der Waals surface area contributed by atoms with Crippen molar-refractivity contribution in [2.45, 2.75) is 264 Å². The molecule has 0 aromatic heterocycles. The highest BCUT2D eigenvalue weighted by atomic mass is 16.3. The molecule has 0 rings (SSSR count). The molecule has 382 valence electrons. The Bertz CT molecular complexity index is 1330. The van der Waals surface area contributed by atoms with Crippen molar-refractivity contribution >= 4 is 5.91 Å². The zero-order chi connectivity index (χ0) is 48.5. The predicted molar refractivity (Wildman–Crippen MR) is 299 cm³/mol. The third kappa shape index (κ3) is 53.6. The summed E-state index contributed by atoms with van der Waals surface area (Å²) in [5, 5.41) is 23.1. The van der Waals surface area contributed by atoms with Crippen molar-refractivity contribution in [3.63, 3.8) is 0 Å². The molecule has 0 bridgehead atoms. The summed E-state index contributed by atoms with van der Waals surface area (Å²) < 4.78 is 0. The monoisotopic (exact) mass is 926 g/mol. The van der Waals surface area contributed by atoms with Gasteiger partial charge in [-0.2, -0.15) is 0 Å². The molecule has 4 nitrogen and oxygen atoms in total. The number of carbonyl (C=O) groups excluding carboxylic acids is 1. The number of aliphatic hydroxyl groups is 2. The van der Waals surface area contributed by atoms with Crippen LogP contribution in [0, 0.1) is 0 Å². The Hall–Kier alpha value is -3.21. The van der Waals surface area contributed by atoms with Crippen molar-refractivity contribution < 1.29 is 15.0 Å². The van der Waals surface area contributed by atoms with E-state index in [2.05, 4.69) is 129 Å². The third-order valence-electron chi connectivity index (χ3n) is 12.2. The highest BCUT2D eigenvalue weighted by Crippen LogP contribution is 2.16. The molecule has 0 spiro atoms. The van der Waals surface area contributed by atoms with Crippen LogP contribution in [0.3, 0.4) is 0 Å². The quantitative estimate of drug-likeness (QED) is 0.0421. The van der Waals surface area contributed by atoms with Crippen LogP contribution in [-0.4, -0.2) is 34.9 Å². The smallest absolute Gasteiger partial charge is 0.220 e. The summed E-state index contributed by atoms with van der Waals surface area (Å²) >= 11 is 0. The van der Waals surface area contributed by atoms with Crippen molar-refractivity contribution in [2.24, 2.45) is 0 Å². The molecule has 0 aliphatic heterocycles. The van der Waals surface area contributed by atoms with Gasteiger partial charge in [0.25, 0.3) is 0 Å². The van der Waals surface area contributed by atoms with E-state index in [4.69, 9.17) is 0 Å². The van der Waals surface area contributed by atoms with Gasteiger partial charge in [-0.25, -0.2) is 0 Å². The maximum Gasteiger partial charge on any atom is 0.220 e. The van der Waals surface area contributed by atoms with Crippen LogP contribution in [0.25, 0.3) is 0 Å². The second kappa shape index (κ2) is 57.1. The van der Waals surface area contributed by atoms with Gasteiger partial charge < -0.3 is 15.5 Å². The van der Waals surface area contributed by atoms with Crippen LogP contribution in [0.5, 0.6) is 0 Å². The SMILES string of the molecule is CC/C=C\C/C=C\C/C=C\C/C=C\C/C=C\C/C=C\C/C=C\C/C=C\C/C=C\CCCC(=O)NC(CO)C(O)/C=C/CCCCCCCCCCCCCCCCCCCCCCCCCC. The standard InChI is InChI=1S/C63H107NO3/c1-3-5-7-9-11-13-15-17-19-21-23-25-27-29-31-32-33-35-37-39-41-43-45-47-49-51-53-55-57-59-63(67)64-61(60-65)62(66)58-56-54-52-50-48-46-44-42-40-38-36-34-30-28-26-24-22-20-18-16-14-12-10-8-6-4-2/h5,7,11,13,17,19,23,25,29,31,33,35,39,41,45,47,51,53,56,58,61-62,65-66H,3-4,6,8-10,12,14-16,18,20-22,24,26-28,30,32,34,36-38,40,42-44,46,48-50,52,54-55,57,59-60H2,1-2H3,(H,64,67)/b7-5-,13-11-,19-17-,25-23-,31-29-,35-33-,41-39-,47-45-,53-51-,58-56+. The molecule has 0 aromatic rings. The summed E-state index contributed by atoms with van der Waals surface area (Å²) in [4.78, 5) is 12.5. The minimum Gasteiger partial charge on any atom is -0.394 e. The largest absolute Gasteiger partial charge is 0.394 e. The molecule has 0 aliphatic carbocycles. The predicted octanol–water partition coefficient (Wildman–Crippen LogP) is 18.9. The molecule has 0 aromatic carbocycles. The van der Waals surface area contributed by atoms with E-state index in [1.54, 1.807) is 6.08 Å². The van der Waals surface area contributed by atoms with Gasteiger partial charge in [-0.15, -0.1) is 0 Å². The lowest BCUT2D eigenvalue weighted by Crippen LogP contribution is -2.45. The Kier molecular flexibility index (Phi) is 54.4. The molecule has 4 heteroatoms. The summed E-state index contributed by atoms with van der Waals surface area (Å²) in [6, 6.07) is -0.664. The number of aliphatic hydroxyl groups excluding tert-OH is 2. The molecule has 0 aliphatic rings. The van der Waals surface area contributed by atoms with E-state index in [-0.39, 0.29) is 12.5 Å². The number of carbonyl (C=O) groups is 1. The maximum absolute atomic E-state index is 12.5. The second-order valence-electron chi connectivity index (χ2n) is 18.6. The Balaban J connectivity index is 3.68. The van der Waals surface area contributed by atoms with E-state index in [0.717, 1.165) is 83.5 Å². The maximum atomic E-state index is 12.5. The zero-order valence-corrected chi connectivity index (χ0v) is 43.9. The van der Waals surface area contributed by atoms with E-state index in [1.165, 1.54) is 148 Å². The summed E-state index contributed by atoms with van der Waals surface area (Å²) in [5.41, 5.74) is 0. The van der Waals surface area contributed by atoms with E-state index >= 15 is 0 Å². The number of amides is 1. The Morgan fingerprint density at radius 3 is 0.970 bits per heavy atom. The molecule has 0 fully saturated rings. The summed E-state index contributed by atoms with van der Waals surface area (Å²) in [6.45, 7) is 4.18. The molecule has 0 saturated heterocycles. The zero-order valence-electron chi connectivity index (χ0n) is 43.9. The summed E-state index contributed by atoms with van der Waals surface area (Å²) in [6.07, 6.45) is 87.9. The lowest BCUT2D eigenvalue weighted by atomic mass is 10.0. The first-order chi connectivity index (χ1) is 33.2. The fraction of sp³-hybridized carbons (Fsp3) is 0.667. The average Bonchev–Trinajstić information content (AvgIpc) is 3.33. The fourth-order valence-corrected chi connectivity index (χ4v) is 7.95. The topological polar surface area (TPSA) is 69.6 Å². The lowest BCUT2D eigenvalue weighted by molar-refractivity contribution is -0.122. The first kappa shape index (κ1) is 63.8. The van der Waals surface area contributed by atoms with Gasteiger partial charge in [0.05, 0.1) is 18.8 Å². The molecule has 1 amide bonds. The highest BCUT2D eigenvalue weighted by molar-refractivity contribution is 5.76. The van der Waals surface area contributed by atoms with E-state index in [0.29, 0.717) is 6.42 Å². The van der Waals surface area contributed by atoms with Crippen LogP contribution >= 0.6 is 0 Å². The number of allylic oxidation sites excluding steroid dienone is 19. The lowest BCUT2D eigenvalue weighted by Gasteiger charge is -2.19. The van der Waals surface area contributed by atoms with Crippen molar-refractivity contribution in [1.82, 2.24) is 5.32 Å². The minimum absolute atomic E-state index is 0.124. The van der Waals surface area contributed by atoms with Crippen molar-refractivity contribution in [3.8, 4) is 0 Å². The van der Waals surface area contributed by atoms with E-state index in [9.17, 15) is 15.0 Å². The van der Waals surface area contributed by atoms with Crippen LogP contribution in [0.1, 0.15) is 251 Å². The van der Waals surface area contributed by atoms with Crippen molar-refractivity contribution in [1.29, 1.82) is 0 Å².